The molecule has 3 heteroatoms. The fourth-order valence-corrected chi connectivity index (χ4v) is 0.877. The third-order valence-electron chi connectivity index (χ3n) is 1.84. The van der Waals surface area contributed by atoms with E-state index in [1.807, 2.05) is 0 Å². The molecule has 0 saturated heterocycles. The van der Waals surface area contributed by atoms with Crippen LogP contribution in [0.3, 0.4) is 0 Å². The van der Waals surface area contributed by atoms with Gasteiger partial charge in [-0.25, -0.2) is 0 Å². The summed E-state index contributed by atoms with van der Waals surface area (Å²) in [4.78, 5) is 0. The highest BCUT2D eigenvalue weighted by Gasteiger charge is 2.20. The zero-order valence-electron chi connectivity index (χ0n) is 9.13. The Hall–Kier alpha value is 0.660. The molecule has 0 radical (unpaired) electrons. The Morgan fingerprint density at radius 2 is 1.15 bits per heavy atom. The molecule has 0 rings (SSSR count). The molecule has 0 aromatic rings. The van der Waals surface area contributed by atoms with Crippen molar-refractivity contribution in [3.63, 3.8) is 0 Å². The molecule has 0 fully saturated rings. The normalized spacial score (nSPS) is 13.4. The molecule has 0 aliphatic carbocycles. The monoisotopic (exact) mass is 222 g/mol. The van der Waals surface area contributed by atoms with E-state index >= 15 is 0 Å². The van der Waals surface area contributed by atoms with Crippen LogP contribution < -0.4 is 0 Å². The highest BCUT2D eigenvalue weighted by atomic mass is 32.1. The van der Waals surface area contributed by atoms with Crippen LogP contribution >= 0.6 is 25.3 Å². The van der Waals surface area contributed by atoms with Crippen LogP contribution in [0.15, 0.2) is 0 Å². The van der Waals surface area contributed by atoms with E-state index in [0.29, 0.717) is 0 Å². The number of thiol groups is 2. The van der Waals surface area contributed by atoms with E-state index in [4.69, 9.17) is 4.74 Å². The van der Waals surface area contributed by atoms with Crippen LogP contribution in [0.1, 0.15) is 27.7 Å². The fourth-order valence-electron chi connectivity index (χ4n) is 0.695. The Balaban J connectivity index is 3.68. The molecular formula is C10H22OS2. The summed E-state index contributed by atoms with van der Waals surface area (Å²) in [6.45, 7) is 10.2. The van der Waals surface area contributed by atoms with Crippen LogP contribution in [0.2, 0.25) is 0 Å². The van der Waals surface area contributed by atoms with Crippen molar-refractivity contribution in [1.29, 1.82) is 0 Å². The first-order valence-corrected chi connectivity index (χ1v) is 5.89. The average Bonchev–Trinajstić information content (AvgIpc) is 2.04. The summed E-state index contributed by atoms with van der Waals surface area (Å²) in [5.41, 5.74) is 0.353. The highest BCUT2D eigenvalue weighted by Crippen LogP contribution is 2.21. The van der Waals surface area contributed by atoms with Gasteiger partial charge in [0, 0.05) is 0 Å². The molecule has 0 spiro atoms. The standard InChI is InChI=1S/C10H22OS2/c1-9(2,7-12)5-11-6-10(3,4)8-13/h12-13H,5-8H2,1-4H3. The van der Waals surface area contributed by atoms with E-state index in [2.05, 4.69) is 53.0 Å². The maximum absolute atomic E-state index is 5.65. The van der Waals surface area contributed by atoms with Crippen LogP contribution in [-0.4, -0.2) is 24.7 Å². The van der Waals surface area contributed by atoms with Crippen molar-refractivity contribution in [3.8, 4) is 0 Å². The van der Waals surface area contributed by atoms with Gasteiger partial charge in [-0.3, -0.25) is 0 Å². The van der Waals surface area contributed by atoms with Gasteiger partial charge in [-0.2, -0.15) is 25.3 Å². The second-order valence-electron chi connectivity index (χ2n) is 5.14. The highest BCUT2D eigenvalue weighted by molar-refractivity contribution is 7.80. The fraction of sp³-hybridized carbons (Fsp3) is 1.00. The van der Waals surface area contributed by atoms with Gasteiger partial charge in [-0.15, -0.1) is 0 Å². The Morgan fingerprint density at radius 1 is 0.846 bits per heavy atom. The van der Waals surface area contributed by atoms with Gasteiger partial charge in [0.15, 0.2) is 0 Å². The van der Waals surface area contributed by atoms with E-state index < -0.39 is 0 Å². The van der Waals surface area contributed by atoms with Gasteiger partial charge in [0.2, 0.25) is 0 Å². The molecule has 80 valence electrons. The predicted octanol–water partition coefficient (Wildman–Crippen LogP) is 2.92. The summed E-state index contributed by atoms with van der Waals surface area (Å²) in [6.07, 6.45) is 0. The summed E-state index contributed by atoms with van der Waals surface area (Å²) in [6, 6.07) is 0. The van der Waals surface area contributed by atoms with Gasteiger partial charge in [-0.1, -0.05) is 27.7 Å². The summed E-state index contributed by atoms with van der Waals surface area (Å²) in [7, 11) is 0. The second kappa shape index (κ2) is 5.52. The quantitative estimate of drug-likeness (QED) is 0.657. The van der Waals surface area contributed by atoms with Gasteiger partial charge in [0.05, 0.1) is 13.2 Å². The van der Waals surface area contributed by atoms with Crippen molar-refractivity contribution in [2.45, 2.75) is 27.7 Å². The lowest BCUT2D eigenvalue weighted by molar-refractivity contribution is 0.0308. The predicted molar refractivity (Wildman–Crippen MR) is 66.1 cm³/mol. The summed E-state index contributed by atoms with van der Waals surface area (Å²) in [5, 5.41) is 0. The van der Waals surface area contributed by atoms with Gasteiger partial charge < -0.3 is 4.74 Å². The zero-order chi connectivity index (χ0) is 10.5. The molecule has 0 unspecified atom stereocenters. The van der Waals surface area contributed by atoms with Crippen LogP contribution in [0, 0.1) is 10.8 Å². The molecule has 0 aliphatic heterocycles. The van der Waals surface area contributed by atoms with Crippen LogP contribution in [0.5, 0.6) is 0 Å². The van der Waals surface area contributed by atoms with Gasteiger partial charge >= 0.3 is 0 Å². The Labute approximate surface area is 93.4 Å². The molecular weight excluding hydrogens is 200 g/mol. The molecule has 0 aliphatic rings. The van der Waals surface area contributed by atoms with Crippen LogP contribution in [-0.2, 0) is 4.74 Å². The first kappa shape index (κ1) is 13.7. The number of rotatable bonds is 6. The second-order valence-corrected chi connectivity index (χ2v) is 5.77. The van der Waals surface area contributed by atoms with Crippen molar-refractivity contribution in [1.82, 2.24) is 0 Å². The minimum atomic E-state index is 0.176. The molecule has 0 saturated carbocycles. The lowest BCUT2D eigenvalue weighted by Gasteiger charge is -2.26. The minimum absolute atomic E-state index is 0.176. The Morgan fingerprint density at radius 3 is 1.38 bits per heavy atom. The molecule has 0 aromatic heterocycles. The third-order valence-corrected chi connectivity index (χ3v) is 3.55. The van der Waals surface area contributed by atoms with Gasteiger partial charge in [0.25, 0.3) is 0 Å². The number of hydrogen-bond donors (Lipinski definition) is 2. The first-order valence-electron chi connectivity index (χ1n) is 4.62. The Kier molecular flexibility index (Phi) is 5.80. The summed E-state index contributed by atoms with van der Waals surface area (Å²) >= 11 is 8.55. The van der Waals surface area contributed by atoms with Crippen molar-refractivity contribution < 1.29 is 4.74 Å². The topological polar surface area (TPSA) is 9.23 Å². The first-order chi connectivity index (χ1) is 5.83. The zero-order valence-corrected chi connectivity index (χ0v) is 10.9. The molecule has 0 amide bonds. The van der Waals surface area contributed by atoms with E-state index in [1.165, 1.54) is 0 Å². The van der Waals surface area contributed by atoms with E-state index in [9.17, 15) is 0 Å². The number of ether oxygens (including phenoxy) is 1. The molecule has 0 N–H and O–H groups in total. The summed E-state index contributed by atoms with van der Waals surface area (Å²) < 4.78 is 5.65. The summed E-state index contributed by atoms with van der Waals surface area (Å²) in [5.74, 6) is 1.71. The van der Waals surface area contributed by atoms with Crippen molar-refractivity contribution in [3.05, 3.63) is 0 Å². The van der Waals surface area contributed by atoms with Crippen molar-refractivity contribution >= 4 is 25.3 Å². The van der Waals surface area contributed by atoms with Crippen LogP contribution in [0.4, 0.5) is 0 Å². The van der Waals surface area contributed by atoms with E-state index in [0.717, 1.165) is 24.7 Å². The maximum Gasteiger partial charge on any atom is 0.0525 e. The molecule has 0 atom stereocenters. The molecule has 0 bridgehead atoms. The molecule has 0 aromatic carbocycles. The Bertz CT molecular complexity index is 128. The molecule has 0 heterocycles. The molecule has 1 nitrogen and oxygen atoms in total. The average molecular weight is 222 g/mol. The maximum atomic E-state index is 5.65. The third kappa shape index (κ3) is 6.69. The van der Waals surface area contributed by atoms with Gasteiger partial charge in [-0.05, 0) is 22.3 Å². The van der Waals surface area contributed by atoms with Gasteiger partial charge in [0.1, 0.15) is 0 Å². The lowest BCUT2D eigenvalue weighted by Crippen LogP contribution is -2.27. The van der Waals surface area contributed by atoms with Crippen LogP contribution in [0.25, 0.3) is 0 Å². The largest absolute Gasteiger partial charge is 0.380 e. The van der Waals surface area contributed by atoms with Crippen molar-refractivity contribution in [2.75, 3.05) is 24.7 Å². The SMILES string of the molecule is CC(C)(CS)COCC(C)(C)CS. The molecule has 13 heavy (non-hydrogen) atoms. The van der Waals surface area contributed by atoms with E-state index in [1.54, 1.807) is 0 Å². The number of hydrogen-bond acceptors (Lipinski definition) is 3. The lowest BCUT2D eigenvalue weighted by atomic mass is 9.96. The van der Waals surface area contributed by atoms with Crippen molar-refractivity contribution in [2.24, 2.45) is 10.8 Å². The van der Waals surface area contributed by atoms with E-state index in [-0.39, 0.29) is 10.8 Å². The minimum Gasteiger partial charge on any atom is -0.380 e. The smallest absolute Gasteiger partial charge is 0.0525 e.